The molecule has 3 aromatic rings. The normalized spacial score (nSPS) is 10.5. The number of carbonyl (C=O) groups excluding carboxylic acids is 2. The number of nitrogens with one attached hydrogen (secondary N) is 2. The van der Waals surface area contributed by atoms with E-state index in [2.05, 4.69) is 26.8 Å². The van der Waals surface area contributed by atoms with Crippen LogP contribution >= 0.6 is 15.9 Å². The Bertz CT molecular complexity index is 902. The first-order valence-electron chi connectivity index (χ1n) is 6.97. The summed E-state index contributed by atoms with van der Waals surface area (Å²) in [5.74, 6) is -0.742. The van der Waals surface area contributed by atoms with Crippen molar-refractivity contribution in [2.45, 2.75) is 0 Å². The minimum Gasteiger partial charge on any atom is -0.350 e. The maximum Gasteiger partial charge on any atom is 0.271 e. The van der Waals surface area contributed by atoms with Crippen molar-refractivity contribution in [1.82, 2.24) is 15.4 Å². The van der Waals surface area contributed by atoms with Gasteiger partial charge in [-0.05, 0) is 34.1 Å². The van der Waals surface area contributed by atoms with Crippen molar-refractivity contribution in [1.29, 1.82) is 0 Å². The molecule has 0 aliphatic rings. The van der Waals surface area contributed by atoms with Crippen molar-refractivity contribution < 1.29 is 9.59 Å². The van der Waals surface area contributed by atoms with Crippen LogP contribution in [0.25, 0.3) is 10.9 Å². The van der Waals surface area contributed by atoms with E-state index in [1.807, 2.05) is 41.9 Å². The number of hydrazine groups is 1. The monoisotopic (exact) mass is 371 g/mol. The summed E-state index contributed by atoms with van der Waals surface area (Å²) < 4.78 is 2.54. The summed E-state index contributed by atoms with van der Waals surface area (Å²) in [6.07, 6.45) is 1.74. The third-order valence-corrected chi connectivity index (χ3v) is 4.24. The Morgan fingerprint density at radius 1 is 0.913 bits per heavy atom. The third kappa shape index (κ3) is 2.98. The summed E-state index contributed by atoms with van der Waals surface area (Å²) in [4.78, 5) is 24.5. The SMILES string of the molecule is Cn1cc(C(=O)NNC(=O)c2ccccc2Br)c2ccccc21. The minimum absolute atomic E-state index is 0.359. The lowest BCUT2D eigenvalue weighted by Gasteiger charge is -2.08. The summed E-state index contributed by atoms with van der Waals surface area (Å²) in [5, 5.41) is 0.836. The molecule has 0 spiro atoms. The number of halogens is 1. The Morgan fingerprint density at radius 2 is 1.52 bits per heavy atom. The molecule has 23 heavy (non-hydrogen) atoms. The van der Waals surface area contributed by atoms with Crippen LogP contribution in [0.2, 0.25) is 0 Å². The van der Waals surface area contributed by atoms with Gasteiger partial charge in [0.25, 0.3) is 11.8 Å². The molecule has 0 bridgehead atoms. The Morgan fingerprint density at radius 3 is 2.26 bits per heavy atom. The van der Waals surface area contributed by atoms with E-state index in [1.54, 1.807) is 24.4 Å². The van der Waals surface area contributed by atoms with Gasteiger partial charge in [-0.2, -0.15) is 0 Å². The molecule has 2 aromatic carbocycles. The molecule has 0 saturated carbocycles. The number of para-hydroxylation sites is 1. The van der Waals surface area contributed by atoms with E-state index in [0.717, 1.165) is 10.9 Å². The highest BCUT2D eigenvalue weighted by molar-refractivity contribution is 9.10. The number of benzene rings is 2. The van der Waals surface area contributed by atoms with E-state index in [9.17, 15) is 9.59 Å². The van der Waals surface area contributed by atoms with Crippen LogP contribution in [-0.2, 0) is 7.05 Å². The van der Waals surface area contributed by atoms with E-state index in [0.29, 0.717) is 15.6 Å². The van der Waals surface area contributed by atoms with Crippen molar-refractivity contribution in [3.05, 3.63) is 70.3 Å². The van der Waals surface area contributed by atoms with Gasteiger partial charge in [0.05, 0.1) is 11.1 Å². The van der Waals surface area contributed by atoms with Crippen molar-refractivity contribution in [3.8, 4) is 0 Å². The van der Waals surface area contributed by atoms with Crippen LogP contribution in [-0.4, -0.2) is 16.4 Å². The highest BCUT2D eigenvalue weighted by Crippen LogP contribution is 2.20. The number of amides is 2. The number of aryl methyl sites for hydroxylation is 1. The second kappa shape index (κ2) is 6.26. The Labute approximate surface area is 141 Å². The van der Waals surface area contributed by atoms with Gasteiger partial charge in [0, 0.05) is 28.6 Å². The number of rotatable bonds is 2. The molecule has 6 heteroatoms. The van der Waals surface area contributed by atoms with Gasteiger partial charge in [0.1, 0.15) is 0 Å². The molecule has 1 aromatic heterocycles. The fourth-order valence-corrected chi connectivity index (χ4v) is 2.88. The van der Waals surface area contributed by atoms with Crippen molar-refractivity contribution in [2.75, 3.05) is 0 Å². The molecule has 1 heterocycles. The molecule has 2 N–H and O–H groups in total. The second-order valence-corrected chi connectivity index (χ2v) is 5.91. The van der Waals surface area contributed by atoms with Crippen LogP contribution in [0.3, 0.4) is 0 Å². The van der Waals surface area contributed by atoms with Gasteiger partial charge in [0.15, 0.2) is 0 Å². The van der Waals surface area contributed by atoms with Gasteiger partial charge in [0.2, 0.25) is 0 Å². The fourth-order valence-electron chi connectivity index (χ4n) is 2.42. The zero-order valence-corrected chi connectivity index (χ0v) is 13.9. The minimum atomic E-state index is -0.383. The summed E-state index contributed by atoms with van der Waals surface area (Å²) in [6.45, 7) is 0. The second-order valence-electron chi connectivity index (χ2n) is 5.06. The quantitative estimate of drug-likeness (QED) is 0.680. The lowest BCUT2D eigenvalue weighted by atomic mass is 10.2. The van der Waals surface area contributed by atoms with Gasteiger partial charge in [-0.1, -0.05) is 30.3 Å². The molecular formula is C17H14BrN3O2. The van der Waals surface area contributed by atoms with E-state index >= 15 is 0 Å². The van der Waals surface area contributed by atoms with Gasteiger partial charge >= 0.3 is 0 Å². The summed E-state index contributed by atoms with van der Waals surface area (Å²) in [6, 6.07) is 14.6. The summed E-state index contributed by atoms with van der Waals surface area (Å²) in [7, 11) is 1.87. The zero-order chi connectivity index (χ0) is 16.4. The highest BCUT2D eigenvalue weighted by atomic mass is 79.9. The smallest absolute Gasteiger partial charge is 0.271 e. The lowest BCUT2D eigenvalue weighted by molar-refractivity contribution is 0.0847. The topological polar surface area (TPSA) is 63.1 Å². The third-order valence-electron chi connectivity index (χ3n) is 3.55. The van der Waals surface area contributed by atoms with Crippen molar-refractivity contribution in [3.63, 3.8) is 0 Å². The zero-order valence-electron chi connectivity index (χ0n) is 12.3. The van der Waals surface area contributed by atoms with E-state index < -0.39 is 0 Å². The van der Waals surface area contributed by atoms with Gasteiger partial charge in [-0.25, -0.2) is 0 Å². The molecule has 5 nitrogen and oxygen atoms in total. The van der Waals surface area contributed by atoms with Crippen LogP contribution in [0, 0.1) is 0 Å². The lowest BCUT2D eigenvalue weighted by Crippen LogP contribution is -2.41. The Balaban J connectivity index is 1.77. The molecule has 0 saturated heterocycles. The van der Waals surface area contributed by atoms with Crippen LogP contribution in [0.15, 0.2) is 59.2 Å². The van der Waals surface area contributed by atoms with Crippen LogP contribution in [0.5, 0.6) is 0 Å². The van der Waals surface area contributed by atoms with E-state index in [1.165, 1.54) is 0 Å². The molecule has 0 unspecified atom stereocenters. The molecule has 2 amide bonds. The molecule has 0 aliphatic carbocycles. The summed E-state index contributed by atoms with van der Waals surface area (Å²) >= 11 is 3.31. The van der Waals surface area contributed by atoms with Gasteiger partial charge in [-0.3, -0.25) is 20.4 Å². The Kier molecular flexibility index (Phi) is 4.16. The first-order valence-corrected chi connectivity index (χ1v) is 7.76. The molecule has 0 atom stereocenters. The number of fused-ring (bicyclic) bond motifs is 1. The average Bonchev–Trinajstić information content (AvgIpc) is 2.90. The Hall–Kier alpha value is -2.60. The number of carbonyl (C=O) groups is 2. The maximum atomic E-state index is 12.3. The predicted octanol–water partition coefficient (Wildman–Crippen LogP) is 3.02. The van der Waals surface area contributed by atoms with Gasteiger partial charge < -0.3 is 4.57 Å². The summed E-state index contributed by atoms with van der Waals surface area (Å²) in [5.41, 5.74) is 6.80. The standard InChI is InChI=1S/C17H14BrN3O2/c1-21-10-13(11-6-3-5-9-15(11)21)17(23)20-19-16(22)12-7-2-4-8-14(12)18/h2-10H,1H3,(H,19,22)(H,20,23). The van der Waals surface area contributed by atoms with Crippen molar-refractivity contribution in [2.24, 2.45) is 7.05 Å². The first kappa shape index (κ1) is 15.3. The number of aromatic nitrogens is 1. The highest BCUT2D eigenvalue weighted by Gasteiger charge is 2.15. The molecule has 0 fully saturated rings. The molecule has 116 valence electrons. The molecular weight excluding hydrogens is 358 g/mol. The molecule has 0 aliphatic heterocycles. The van der Waals surface area contributed by atoms with Crippen LogP contribution < -0.4 is 10.9 Å². The molecule has 3 rings (SSSR count). The van der Waals surface area contributed by atoms with Crippen LogP contribution in [0.4, 0.5) is 0 Å². The fraction of sp³-hybridized carbons (Fsp3) is 0.0588. The van der Waals surface area contributed by atoms with Crippen molar-refractivity contribution >= 4 is 38.6 Å². The average molecular weight is 372 g/mol. The number of nitrogens with zero attached hydrogens (tertiary/aromatic N) is 1. The van der Waals surface area contributed by atoms with E-state index in [-0.39, 0.29) is 11.8 Å². The van der Waals surface area contributed by atoms with Gasteiger partial charge in [-0.15, -0.1) is 0 Å². The predicted molar refractivity (Wildman–Crippen MR) is 92.0 cm³/mol. The number of hydrogen-bond acceptors (Lipinski definition) is 2. The largest absolute Gasteiger partial charge is 0.350 e. The maximum absolute atomic E-state index is 12.3. The molecule has 0 radical (unpaired) electrons. The first-order chi connectivity index (χ1) is 11.1. The van der Waals surface area contributed by atoms with Crippen LogP contribution in [0.1, 0.15) is 20.7 Å². The van der Waals surface area contributed by atoms with E-state index in [4.69, 9.17) is 0 Å². The number of hydrogen-bond donors (Lipinski definition) is 2.